The van der Waals surface area contributed by atoms with Crippen LogP contribution in [0.4, 0.5) is 0 Å². The standard InChI is InChI=1S/C27H30N4O4.H2S/c1-18-28-15-14-24(29-18)26(32)31-25(27(33)34)17-19-8-12-22(13-9-19)35-16-4-6-21-11-10-20-5-2-3-7-23(20)30-21;/h8-15,25H,2-7,16-17H2,1H3,(H,31,32)(H,33,34);1H2/t25-;/m0./s1. The number of hydrogen-bond acceptors (Lipinski definition) is 6. The van der Waals surface area contributed by atoms with Crippen LogP contribution in [0.5, 0.6) is 5.75 Å². The Hall–Kier alpha value is -3.46. The molecule has 0 aliphatic heterocycles. The van der Waals surface area contributed by atoms with Crippen LogP contribution in [-0.2, 0) is 30.5 Å². The highest BCUT2D eigenvalue weighted by Crippen LogP contribution is 2.20. The van der Waals surface area contributed by atoms with Crippen LogP contribution in [0.2, 0.25) is 0 Å². The highest BCUT2D eigenvalue weighted by molar-refractivity contribution is 7.59. The molecule has 190 valence electrons. The first kappa shape index (κ1) is 27.1. The zero-order chi connectivity index (χ0) is 24.6. The smallest absolute Gasteiger partial charge is 0.326 e. The van der Waals surface area contributed by atoms with Gasteiger partial charge in [0, 0.05) is 24.0 Å². The second kappa shape index (κ2) is 13.0. The number of carbonyl (C=O) groups is 2. The van der Waals surface area contributed by atoms with E-state index < -0.39 is 17.9 Å². The summed E-state index contributed by atoms with van der Waals surface area (Å²) < 4.78 is 5.85. The molecule has 0 spiro atoms. The summed E-state index contributed by atoms with van der Waals surface area (Å²) in [5.41, 5.74) is 4.68. The number of nitrogens with one attached hydrogen (secondary N) is 1. The van der Waals surface area contributed by atoms with Crippen molar-refractivity contribution in [3.8, 4) is 5.75 Å². The molecule has 4 rings (SSSR count). The van der Waals surface area contributed by atoms with Crippen LogP contribution < -0.4 is 10.1 Å². The molecule has 0 saturated heterocycles. The van der Waals surface area contributed by atoms with E-state index in [0.29, 0.717) is 12.4 Å². The van der Waals surface area contributed by atoms with Crippen LogP contribution in [0.3, 0.4) is 0 Å². The minimum absolute atomic E-state index is 0. The average molecular weight is 509 g/mol. The van der Waals surface area contributed by atoms with E-state index in [-0.39, 0.29) is 25.6 Å². The summed E-state index contributed by atoms with van der Waals surface area (Å²) in [6.07, 6.45) is 8.06. The Balaban J connectivity index is 0.00000361. The third kappa shape index (κ3) is 7.52. The van der Waals surface area contributed by atoms with Crippen LogP contribution in [0.25, 0.3) is 0 Å². The van der Waals surface area contributed by atoms with Crippen molar-refractivity contribution in [1.29, 1.82) is 0 Å². The summed E-state index contributed by atoms with van der Waals surface area (Å²) in [6, 6.07) is 12.0. The Morgan fingerprint density at radius 1 is 1.06 bits per heavy atom. The summed E-state index contributed by atoms with van der Waals surface area (Å²) in [7, 11) is 0. The molecule has 1 aromatic carbocycles. The molecular formula is C27H32N4O4S. The SMILES string of the molecule is Cc1nccc(C(=O)N[C@@H](Cc2ccc(OCCCc3ccc4c(n3)CCCC4)cc2)C(=O)O)n1.S. The number of pyridine rings is 1. The van der Waals surface area contributed by atoms with Crippen LogP contribution in [0, 0.1) is 6.92 Å². The van der Waals surface area contributed by atoms with E-state index in [1.807, 2.05) is 24.3 Å². The Morgan fingerprint density at radius 3 is 2.58 bits per heavy atom. The normalized spacial score (nSPS) is 13.1. The van der Waals surface area contributed by atoms with E-state index in [0.717, 1.165) is 42.7 Å². The van der Waals surface area contributed by atoms with Gasteiger partial charge in [0.05, 0.1) is 6.61 Å². The van der Waals surface area contributed by atoms with Crippen LogP contribution in [-0.4, -0.2) is 44.6 Å². The second-order valence-electron chi connectivity index (χ2n) is 8.77. The summed E-state index contributed by atoms with van der Waals surface area (Å²) in [5.74, 6) is -0.491. The first-order chi connectivity index (χ1) is 17.0. The Kier molecular flexibility index (Phi) is 9.81. The second-order valence-corrected chi connectivity index (χ2v) is 8.77. The number of aliphatic carboxylic acids is 1. The lowest BCUT2D eigenvalue weighted by Gasteiger charge is -2.15. The third-order valence-electron chi connectivity index (χ3n) is 6.06. The number of rotatable bonds is 10. The van der Waals surface area contributed by atoms with Crippen molar-refractivity contribution >= 4 is 25.4 Å². The van der Waals surface area contributed by atoms with Gasteiger partial charge in [-0.05, 0) is 80.8 Å². The van der Waals surface area contributed by atoms with Crippen molar-refractivity contribution in [2.75, 3.05) is 6.61 Å². The lowest BCUT2D eigenvalue weighted by molar-refractivity contribution is -0.139. The molecule has 2 N–H and O–H groups in total. The molecule has 9 heteroatoms. The lowest BCUT2D eigenvalue weighted by atomic mass is 9.95. The molecule has 3 aromatic rings. The van der Waals surface area contributed by atoms with E-state index in [9.17, 15) is 14.7 Å². The molecule has 36 heavy (non-hydrogen) atoms. The zero-order valence-corrected chi connectivity index (χ0v) is 21.4. The summed E-state index contributed by atoms with van der Waals surface area (Å²) in [6.45, 7) is 2.24. The molecule has 1 aliphatic rings. The van der Waals surface area contributed by atoms with Gasteiger partial charge in [0.15, 0.2) is 0 Å². The molecule has 1 aliphatic carbocycles. The Labute approximate surface area is 218 Å². The highest BCUT2D eigenvalue weighted by Gasteiger charge is 2.22. The number of benzene rings is 1. The Morgan fingerprint density at radius 2 is 1.83 bits per heavy atom. The molecule has 0 fully saturated rings. The van der Waals surface area contributed by atoms with Crippen molar-refractivity contribution in [3.05, 3.63) is 82.7 Å². The number of aromatic nitrogens is 3. The highest BCUT2D eigenvalue weighted by atomic mass is 32.1. The molecule has 1 atom stereocenters. The number of fused-ring (bicyclic) bond motifs is 1. The van der Waals surface area contributed by atoms with E-state index in [1.165, 1.54) is 36.4 Å². The average Bonchev–Trinajstić information content (AvgIpc) is 2.87. The molecule has 2 heterocycles. The predicted octanol–water partition coefficient (Wildman–Crippen LogP) is 3.61. The number of carboxylic acid groups (broad SMARTS) is 1. The van der Waals surface area contributed by atoms with E-state index in [4.69, 9.17) is 9.72 Å². The molecule has 2 aromatic heterocycles. The number of nitrogens with zero attached hydrogens (tertiary/aromatic N) is 3. The van der Waals surface area contributed by atoms with Gasteiger partial charge >= 0.3 is 5.97 Å². The topological polar surface area (TPSA) is 114 Å². The van der Waals surface area contributed by atoms with Gasteiger partial charge < -0.3 is 15.2 Å². The van der Waals surface area contributed by atoms with Crippen LogP contribution in [0.1, 0.15) is 58.1 Å². The van der Waals surface area contributed by atoms with E-state index >= 15 is 0 Å². The Bertz CT molecular complexity index is 1190. The lowest BCUT2D eigenvalue weighted by Crippen LogP contribution is -2.42. The van der Waals surface area contributed by atoms with Gasteiger partial charge in [-0.1, -0.05) is 18.2 Å². The summed E-state index contributed by atoms with van der Waals surface area (Å²) in [5, 5.41) is 12.1. The molecule has 0 saturated carbocycles. The molecular weight excluding hydrogens is 476 g/mol. The maximum Gasteiger partial charge on any atom is 0.326 e. The molecule has 0 radical (unpaired) electrons. The van der Waals surface area contributed by atoms with Crippen molar-refractivity contribution in [2.45, 2.75) is 57.9 Å². The number of carboxylic acids is 1. The van der Waals surface area contributed by atoms with Crippen molar-refractivity contribution in [2.24, 2.45) is 0 Å². The van der Waals surface area contributed by atoms with Crippen molar-refractivity contribution < 1.29 is 19.4 Å². The van der Waals surface area contributed by atoms with Gasteiger partial charge in [0.25, 0.3) is 5.91 Å². The van der Waals surface area contributed by atoms with Gasteiger partial charge in [-0.15, -0.1) is 0 Å². The summed E-state index contributed by atoms with van der Waals surface area (Å²) >= 11 is 0. The maximum absolute atomic E-state index is 12.4. The fourth-order valence-electron chi connectivity index (χ4n) is 4.18. The zero-order valence-electron chi connectivity index (χ0n) is 20.4. The van der Waals surface area contributed by atoms with Gasteiger partial charge in [0.2, 0.25) is 0 Å². The first-order valence-corrected chi connectivity index (χ1v) is 12.0. The number of hydrogen-bond donors (Lipinski definition) is 2. The third-order valence-corrected chi connectivity index (χ3v) is 6.06. The first-order valence-electron chi connectivity index (χ1n) is 12.0. The molecule has 0 unspecified atom stereocenters. The van der Waals surface area contributed by atoms with Crippen molar-refractivity contribution in [1.82, 2.24) is 20.3 Å². The van der Waals surface area contributed by atoms with Gasteiger partial charge in [-0.3, -0.25) is 9.78 Å². The quantitative estimate of drug-likeness (QED) is 0.402. The van der Waals surface area contributed by atoms with Crippen molar-refractivity contribution in [3.63, 3.8) is 0 Å². The summed E-state index contributed by atoms with van der Waals surface area (Å²) in [4.78, 5) is 36.9. The monoisotopic (exact) mass is 508 g/mol. The number of amides is 1. The minimum Gasteiger partial charge on any atom is -0.494 e. The maximum atomic E-state index is 12.4. The number of aryl methyl sites for hydroxylation is 4. The molecule has 8 nitrogen and oxygen atoms in total. The van der Waals surface area contributed by atoms with E-state index in [2.05, 4.69) is 27.4 Å². The van der Waals surface area contributed by atoms with Gasteiger partial charge in [0.1, 0.15) is 23.3 Å². The predicted molar refractivity (Wildman–Crippen MR) is 141 cm³/mol. The fourth-order valence-corrected chi connectivity index (χ4v) is 4.18. The molecule has 1 amide bonds. The minimum atomic E-state index is -1.11. The fraction of sp³-hybridized carbons (Fsp3) is 0.370. The van der Waals surface area contributed by atoms with Gasteiger partial charge in [-0.25, -0.2) is 14.8 Å². The largest absolute Gasteiger partial charge is 0.494 e. The number of ether oxygens (including phenoxy) is 1. The molecule has 0 bridgehead atoms. The van der Waals surface area contributed by atoms with E-state index in [1.54, 1.807) is 6.92 Å². The van der Waals surface area contributed by atoms with Gasteiger partial charge in [-0.2, -0.15) is 13.5 Å². The van der Waals surface area contributed by atoms with Crippen LogP contribution >= 0.6 is 13.5 Å². The van der Waals surface area contributed by atoms with Crippen LogP contribution in [0.15, 0.2) is 48.7 Å². The number of carbonyl (C=O) groups excluding carboxylic acids is 1.